The minimum atomic E-state index is -0.0322. The Labute approximate surface area is 110 Å². The van der Waals surface area contributed by atoms with Crippen LogP contribution in [0.1, 0.15) is 35.5 Å². The number of hydrogen-bond acceptors (Lipinski definition) is 4. The van der Waals surface area contributed by atoms with Gasteiger partial charge >= 0.3 is 0 Å². The summed E-state index contributed by atoms with van der Waals surface area (Å²) in [7, 11) is 0. The minimum Gasteiger partial charge on any atom is -0.394 e. The van der Waals surface area contributed by atoms with Crippen molar-refractivity contribution in [3.63, 3.8) is 0 Å². The van der Waals surface area contributed by atoms with Gasteiger partial charge in [-0.25, -0.2) is 4.98 Å². The molecular formula is C13H17N3OS. The zero-order valence-corrected chi connectivity index (χ0v) is 10.9. The van der Waals surface area contributed by atoms with E-state index in [2.05, 4.69) is 26.3 Å². The van der Waals surface area contributed by atoms with Gasteiger partial charge in [-0.2, -0.15) is 0 Å². The van der Waals surface area contributed by atoms with Crippen LogP contribution in [0.5, 0.6) is 0 Å². The summed E-state index contributed by atoms with van der Waals surface area (Å²) in [4.78, 5) is 5.49. The number of rotatable bonds is 6. The smallest absolute Gasteiger partial charge is 0.0951 e. The van der Waals surface area contributed by atoms with Crippen molar-refractivity contribution in [3.8, 4) is 0 Å². The fraction of sp³-hybridized carbons (Fsp3) is 0.462. The van der Waals surface area contributed by atoms with E-state index in [0.717, 1.165) is 12.2 Å². The third-order valence-electron chi connectivity index (χ3n) is 3.28. The number of nitrogens with one attached hydrogen (secondary N) is 1. The number of thiophene rings is 1. The Morgan fingerprint density at radius 1 is 1.56 bits per heavy atom. The van der Waals surface area contributed by atoms with Crippen LogP contribution in [0, 0.1) is 0 Å². The molecule has 1 atom stereocenters. The van der Waals surface area contributed by atoms with Crippen LogP contribution in [0.25, 0.3) is 0 Å². The standard InChI is InChI=1S/C13H17N3OS/c17-8-12(15-6-11-2-1-5-18-11)13-7-14-9-16(13)10-3-4-10/h1-2,5,7,9-10,12,15,17H,3-4,6,8H2. The van der Waals surface area contributed by atoms with Crippen LogP contribution in [-0.4, -0.2) is 21.3 Å². The second-order valence-corrected chi connectivity index (χ2v) is 5.68. The van der Waals surface area contributed by atoms with Gasteiger partial charge in [0.1, 0.15) is 0 Å². The van der Waals surface area contributed by atoms with E-state index in [9.17, 15) is 5.11 Å². The van der Waals surface area contributed by atoms with Gasteiger partial charge in [0, 0.05) is 23.7 Å². The number of imidazole rings is 1. The highest BCUT2D eigenvalue weighted by Gasteiger charge is 2.27. The van der Waals surface area contributed by atoms with Crippen molar-refractivity contribution in [2.24, 2.45) is 0 Å². The molecule has 2 aromatic rings. The van der Waals surface area contributed by atoms with Gasteiger partial charge in [-0.05, 0) is 24.3 Å². The quantitative estimate of drug-likeness (QED) is 0.839. The Morgan fingerprint density at radius 2 is 2.44 bits per heavy atom. The van der Waals surface area contributed by atoms with E-state index in [1.165, 1.54) is 17.7 Å². The highest BCUT2D eigenvalue weighted by molar-refractivity contribution is 7.09. The maximum atomic E-state index is 9.55. The molecular weight excluding hydrogens is 246 g/mol. The molecule has 0 radical (unpaired) electrons. The van der Waals surface area contributed by atoms with Gasteiger partial charge in [-0.15, -0.1) is 11.3 Å². The summed E-state index contributed by atoms with van der Waals surface area (Å²) in [5.41, 5.74) is 1.09. The normalized spacial score (nSPS) is 16.9. The fourth-order valence-electron chi connectivity index (χ4n) is 2.14. The largest absolute Gasteiger partial charge is 0.394 e. The van der Waals surface area contributed by atoms with Crippen molar-refractivity contribution in [3.05, 3.63) is 40.6 Å². The lowest BCUT2D eigenvalue weighted by Gasteiger charge is -2.17. The number of aromatic nitrogens is 2. The van der Waals surface area contributed by atoms with Crippen LogP contribution in [0.15, 0.2) is 30.0 Å². The molecule has 0 saturated heterocycles. The predicted octanol–water partition coefficient (Wildman–Crippen LogP) is 2.10. The van der Waals surface area contributed by atoms with Crippen molar-refractivity contribution in [2.45, 2.75) is 31.5 Å². The molecule has 1 saturated carbocycles. The summed E-state index contributed by atoms with van der Waals surface area (Å²) in [6.07, 6.45) is 6.20. The summed E-state index contributed by atoms with van der Waals surface area (Å²) in [6.45, 7) is 0.891. The molecule has 3 rings (SSSR count). The zero-order chi connectivity index (χ0) is 12.4. The van der Waals surface area contributed by atoms with Crippen LogP contribution < -0.4 is 5.32 Å². The minimum absolute atomic E-state index is 0.0322. The lowest BCUT2D eigenvalue weighted by molar-refractivity contribution is 0.238. The lowest BCUT2D eigenvalue weighted by atomic mass is 10.2. The highest BCUT2D eigenvalue weighted by atomic mass is 32.1. The van der Waals surface area contributed by atoms with Crippen LogP contribution in [0.3, 0.4) is 0 Å². The Balaban J connectivity index is 1.69. The first-order valence-corrected chi connectivity index (χ1v) is 7.15. The Bertz CT molecular complexity index is 490. The van der Waals surface area contributed by atoms with Gasteiger partial charge in [-0.3, -0.25) is 0 Å². The van der Waals surface area contributed by atoms with Crippen molar-refractivity contribution < 1.29 is 5.11 Å². The molecule has 5 heteroatoms. The molecule has 2 heterocycles. The second kappa shape index (κ2) is 5.22. The Hall–Kier alpha value is -1.17. The molecule has 4 nitrogen and oxygen atoms in total. The van der Waals surface area contributed by atoms with Gasteiger partial charge in [0.2, 0.25) is 0 Å². The van der Waals surface area contributed by atoms with Crippen molar-refractivity contribution in [1.82, 2.24) is 14.9 Å². The molecule has 1 aliphatic rings. The number of aliphatic hydroxyl groups excluding tert-OH is 1. The van der Waals surface area contributed by atoms with Crippen molar-refractivity contribution in [1.29, 1.82) is 0 Å². The third-order valence-corrected chi connectivity index (χ3v) is 4.16. The first-order valence-electron chi connectivity index (χ1n) is 6.27. The monoisotopic (exact) mass is 263 g/mol. The number of nitrogens with zero attached hydrogens (tertiary/aromatic N) is 2. The first-order chi connectivity index (χ1) is 8.88. The van der Waals surface area contributed by atoms with Gasteiger partial charge in [0.05, 0.1) is 24.7 Å². The molecule has 1 unspecified atom stereocenters. The SMILES string of the molecule is OCC(NCc1cccs1)c1cncn1C1CC1. The van der Waals surface area contributed by atoms with Gasteiger partial charge in [0.25, 0.3) is 0 Å². The first kappa shape index (κ1) is 11.9. The number of aliphatic hydroxyl groups is 1. The van der Waals surface area contributed by atoms with Gasteiger partial charge in [-0.1, -0.05) is 6.07 Å². The predicted molar refractivity (Wildman–Crippen MR) is 71.5 cm³/mol. The zero-order valence-electron chi connectivity index (χ0n) is 10.1. The summed E-state index contributed by atoms with van der Waals surface area (Å²) >= 11 is 1.73. The molecule has 1 aliphatic carbocycles. The molecule has 1 fully saturated rings. The van der Waals surface area contributed by atoms with Crippen molar-refractivity contribution in [2.75, 3.05) is 6.61 Å². The summed E-state index contributed by atoms with van der Waals surface area (Å²) in [6, 6.07) is 4.71. The molecule has 0 aromatic carbocycles. The van der Waals surface area contributed by atoms with Crippen LogP contribution >= 0.6 is 11.3 Å². The maximum absolute atomic E-state index is 9.55. The third kappa shape index (κ3) is 2.48. The molecule has 2 aromatic heterocycles. The van der Waals surface area contributed by atoms with E-state index in [4.69, 9.17) is 0 Å². The topological polar surface area (TPSA) is 50.1 Å². The van der Waals surface area contributed by atoms with Gasteiger partial charge in [0.15, 0.2) is 0 Å². The van der Waals surface area contributed by atoms with Crippen molar-refractivity contribution >= 4 is 11.3 Å². The second-order valence-electron chi connectivity index (χ2n) is 4.65. The van der Waals surface area contributed by atoms with E-state index in [1.54, 1.807) is 11.3 Å². The average Bonchev–Trinajstić information content (AvgIpc) is 2.92. The molecule has 0 amide bonds. The average molecular weight is 263 g/mol. The molecule has 96 valence electrons. The van der Waals surface area contributed by atoms with Gasteiger partial charge < -0.3 is 15.0 Å². The van der Waals surface area contributed by atoms with E-state index in [1.807, 2.05) is 18.6 Å². The summed E-state index contributed by atoms with van der Waals surface area (Å²) in [5, 5.41) is 15.0. The van der Waals surface area contributed by atoms with E-state index < -0.39 is 0 Å². The molecule has 2 N–H and O–H groups in total. The Morgan fingerprint density at radius 3 is 3.11 bits per heavy atom. The molecule has 18 heavy (non-hydrogen) atoms. The summed E-state index contributed by atoms with van der Waals surface area (Å²) < 4.78 is 2.20. The number of hydrogen-bond donors (Lipinski definition) is 2. The molecule has 0 bridgehead atoms. The van der Waals surface area contributed by atoms with Crippen LogP contribution in [0.4, 0.5) is 0 Å². The lowest BCUT2D eigenvalue weighted by Crippen LogP contribution is -2.25. The van der Waals surface area contributed by atoms with E-state index in [-0.39, 0.29) is 12.6 Å². The van der Waals surface area contributed by atoms with Crippen LogP contribution in [0.2, 0.25) is 0 Å². The van der Waals surface area contributed by atoms with Crippen LogP contribution in [-0.2, 0) is 6.54 Å². The Kier molecular flexibility index (Phi) is 3.45. The summed E-state index contributed by atoms with van der Waals surface area (Å²) in [5.74, 6) is 0. The van der Waals surface area contributed by atoms with E-state index >= 15 is 0 Å². The molecule has 0 aliphatic heterocycles. The highest BCUT2D eigenvalue weighted by Crippen LogP contribution is 2.36. The molecule has 0 spiro atoms. The fourth-order valence-corrected chi connectivity index (χ4v) is 2.80. The maximum Gasteiger partial charge on any atom is 0.0951 e. The van der Waals surface area contributed by atoms with E-state index in [0.29, 0.717) is 6.04 Å².